The van der Waals surface area contributed by atoms with E-state index in [9.17, 15) is 9.18 Å². The van der Waals surface area contributed by atoms with Gasteiger partial charge in [0.2, 0.25) is 0 Å². The van der Waals surface area contributed by atoms with Crippen LogP contribution in [0.4, 0.5) is 4.39 Å². The maximum atomic E-state index is 13.4. The quantitative estimate of drug-likeness (QED) is 0.790. The van der Waals surface area contributed by atoms with Gasteiger partial charge in [0.05, 0.1) is 0 Å². The van der Waals surface area contributed by atoms with Gasteiger partial charge in [0.25, 0.3) is 0 Å². The second-order valence-electron chi connectivity index (χ2n) is 4.10. The fourth-order valence-corrected chi connectivity index (χ4v) is 2.03. The van der Waals surface area contributed by atoms with Gasteiger partial charge in [-0.1, -0.05) is 40.2 Å². The largest absolute Gasteiger partial charge is 0.482 e. The molecule has 19 heavy (non-hydrogen) atoms. The number of ether oxygens (including phenoxy) is 1. The summed E-state index contributed by atoms with van der Waals surface area (Å²) < 4.78 is 19.4. The lowest BCUT2D eigenvalue weighted by Gasteiger charge is -2.08. The van der Waals surface area contributed by atoms with Crippen LogP contribution >= 0.6 is 15.9 Å². The average molecular weight is 323 g/mol. The Bertz CT molecular complexity index is 611. The Hall–Kier alpha value is -1.68. The molecule has 0 heterocycles. The zero-order valence-corrected chi connectivity index (χ0v) is 11.9. The van der Waals surface area contributed by atoms with Crippen LogP contribution in [0, 0.1) is 12.7 Å². The molecular formula is C15H12BrFO2. The van der Waals surface area contributed by atoms with Crippen molar-refractivity contribution in [2.75, 3.05) is 6.61 Å². The molecule has 0 saturated heterocycles. The molecule has 0 unspecified atom stereocenters. The topological polar surface area (TPSA) is 26.3 Å². The number of benzene rings is 2. The number of rotatable bonds is 4. The van der Waals surface area contributed by atoms with Gasteiger partial charge in [-0.3, -0.25) is 4.79 Å². The predicted molar refractivity (Wildman–Crippen MR) is 75.1 cm³/mol. The maximum Gasteiger partial charge on any atom is 0.200 e. The number of carbonyl (C=O) groups is 1. The van der Waals surface area contributed by atoms with Crippen molar-refractivity contribution >= 4 is 21.7 Å². The molecule has 0 saturated carbocycles. The summed E-state index contributed by atoms with van der Waals surface area (Å²) in [6.45, 7) is 1.67. The van der Waals surface area contributed by atoms with Crippen LogP contribution in [-0.2, 0) is 0 Å². The number of carbonyl (C=O) groups excluding carboxylic acids is 1. The second kappa shape index (κ2) is 5.97. The standard InChI is InChI=1S/C15H12BrFO2/c1-10-4-2-3-5-12(10)14(18)9-19-15-8-11(16)6-7-13(15)17/h2-8H,9H2,1H3. The maximum absolute atomic E-state index is 13.4. The Morgan fingerprint density at radius 3 is 2.74 bits per heavy atom. The lowest BCUT2D eigenvalue weighted by atomic mass is 10.1. The summed E-state index contributed by atoms with van der Waals surface area (Å²) in [6.07, 6.45) is 0. The Morgan fingerprint density at radius 2 is 2.00 bits per heavy atom. The Labute approximate surface area is 119 Å². The van der Waals surface area contributed by atoms with Gasteiger partial charge < -0.3 is 4.74 Å². The molecule has 0 aromatic heterocycles. The van der Waals surface area contributed by atoms with Gasteiger partial charge in [0.1, 0.15) is 0 Å². The van der Waals surface area contributed by atoms with Crippen LogP contribution in [0.3, 0.4) is 0 Å². The third-order valence-electron chi connectivity index (χ3n) is 2.70. The first kappa shape index (κ1) is 13.7. The normalized spacial score (nSPS) is 10.3. The number of Topliss-reactive ketones (excluding diaryl/α,β-unsaturated/α-hetero) is 1. The summed E-state index contributed by atoms with van der Waals surface area (Å²) in [4.78, 5) is 12.0. The molecule has 2 aromatic rings. The van der Waals surface area contributed by atoms with Crippen molar-refractivity contribution in [2.24, 2.45) is 0 Å². The summed E-state index contributed by atoms with van der Waals surface area (Å²) in [6, 6.07) is 11.6. The smallest absolute Gasteiger partial charge is 0.200 e. The molecule has 0 atom stereocenters. The summed E-state index contributed by atoms with van der Waals surface area (Å²) in [7, 11) is 0. The highest BCUT2D eigenvalue weighted by Crippen LogP contribution is 2.22. The van der Waals surface area contributed by atoms with Gasteiger partial charge >= 0.3 is 0 Å². The van der Waals surface area contributed by atoms with Crippen molar-refractivity contribution in [1.29, 1.82) is 0 Å². The fourth-order valence-electron chi connectivity index (χ4n) is 1.69. The lowest BCUT2D eigenvalue weighted by molar-refractivity contribution is 0.0918. The van der Waals surface area contributed by atoms with Crippen LogP contribution in [-0.4, -0.2) is 12.4 Å². The van der Waals surface area contributed by atoms with E-state index in [-0.39, 0.29) is 18.1 Å². The van der Waals surface area contributed by atoms with E-state index in [1.54, 1.807) is 18.2 Å². The number of hydrogen-bond acceptors (Lipinski definition) is 2. The van der Waals surface area contributed by atoms with Crippen LogP contribution in [0.15, 0.2) is 46.9 Å². The van der Waals surface area contributed by atoms with Crippen molar-refractivity contribution in [1.82, 2.24) is 0 Å². The molecule has 0 bridgehead atoms. The van der Waals surface area contributed by atoms with Crippen LogP contribution in [0.1, 0.15) is 15.9 Å². The molecule has 0 radical (unpaired) electrons. The molecule has 0 N–H and O–H groups in total. The van der Waals surface area contributed by atoms with Gasteiger partial charge in [0, 0.05) is 10.0 Å². The summed E-state index contributed by atoms with van der Waals surface area (Å²) >= 11 is 3.23. The first-order chi connectivity index (χ1) is 9.08. The van der Waals surface area contributed by atoms with Gasteiger partial charge in [0.15, 0.2) is 24.0 Å². The van der Waals surface area contributed by atoms with Crippen molar-refractivity contribution in [3.05, 3.63) is 63.9 Å². The number of aryl methyl sites for hydroxylation is 1. The Balaban J connectivity index is 2.09. The van der Waals surface area contributed by atoms with Crippen molar-refractivity contribution < 1.29 is 13.9 Å². The Kier molecular flexibility index (Phi) is 4.32. The zero-order valence-electron chi connectivity index (χ0n) is 10.3. The molecule has 0 aliphatic rings. The van der Waals surface area contributed by atoms with Crippen LogP contribution in [0.5, 0.6) is 5.75 Å². The zero-order chi connectivity index (χ0) is 13.8. The third kappa shape index (κ3) is 3.41. The molecule has 2 nitrogen and oxygen atoms in total. The van der Waals surface area contributed by atoms with Crippen molar-refractivity contribution in [2.45, 2.75) is 6.92 Å². The fraction of sp³-hybridized carbons (Fsp3) is 0.133. The summed E-state index contributed by atoms with van der Waals surface area (Å²) in [5, 5.41) is 0. The highest BCUT2D eigenvalue weighted by Gasteiger charge is 2.11. The monoisotopic (exact) mass is 322 g/mol. The van der Waals surface area contributed by atoms with E-state index in [1.165, 1.54) is 12.1 Å². The van der Waals surface area contributed by atoms with Gasteiger partial charge in [-0.2, -0.15) is 0 Å². The SMILES string of the molecule is Cc1ccccc1C(=O)COc1cc(Br)ccc1F. The second-order valence-corrected chi connectivity index (χ2v) is 5.02. The van der Waals surface area contributed by atoms with Gasteiger partial charge in [-0.25, -0.2) is 4.39 Å². The molecular weight excluding hydrogens is 311 g/mol. The molecule has 0 aliphatic carbocycles. The van der Waals surface area contributed by atoms with E-state index in [1.807, 2.05) is 19.1 Å². The highest BCUT2D eigenvalue weighted by molar-refractivity contribution is 9.10. The van der Waals surface area contributed by atoms with E-state index < -0.39 is 5.82 Å². The van der Waals surface area contributed by atoms with Crippen molar-refractivity contribution in [3.8, 4) is 5.75 Å². The number of halogens is 2. The lowest BCUT2D eigenvalue weighted by Crippen LogP contribution is -2.13. The molecule has 2 rings (SSSR count). The van der Waals surface area contributed by atoms with Gasteiger partial charge in [-0.05, 0) is 30.7 Å². The van der Waals surface area contributed by atoms with E-state index in [2.05, 4.69) is 15.9 Å². The third-order valence-corrected chi connectivity index (χ3v) is 3.19. The minimum atomic E-state index is -0.485. The predicted octanol–water partition coefficient (Wildman–Crippen LogP) is 4.16. The van der Waals surface area contributed by atoms with E-state index in [0.717, 1.165) is 5.56 Å². The highest BCUT2D eigenvalue weighted by atomic mass is 79.9. The molecule has 0 spiro atoms. The molecule has 0 aliphatic heterocycles. The van der Waals surface area contributed by atoms with Crippen LogP contribution < -0.4 is 4.74 Å². The van der Waals surface area contributed by atoms with Gasteiger partial charge in [-0.15, -0.1) is 0 Å². The van der Waals surface area contributed by atoms with Crippen LogP contribution in [0.2, 0.25) is 0 Å². The van der Waals surface area contributed by atoms with E-state index in [0.29, 0.717) is 10.0 Å². The summed E-state index contributed by atoms with van der Waals surface area (Å²) in [5.41, 5.74) is 1.48. The van der Waals surface area contributed by atoms with E-state index in [4.69, 9.17) is 4.74 Å². The minimum absolute atomic E-state index is 0.0660. The minimum Gasteiger partial charge on any atom is -0.482 e. The first-order valence-electron chi connectivity index (χ1n) is 5.74. The first-order valence-corrected chi connectivity index (χ1v) is 6.54. The molecule has 98 valence electrons. The van der Waals surface area contributed by atoms with Crippen LogP contribution in [0.25, 0.3) is 0 Å². The average Bonchev–Trinajstić information content (AvgIpc) is 2.40. The molecule has 0 amide bonds. The Morgan fingerprint density at radius 1 is 1.26 bits per heavy atom. The van der Waals surface area contributed by atoms with E-state index >= 15 is 0 Å². The number of ketones is 1. The molecule has 0 fully saturated rings. The van der Waals surface area contributed by atoms with Crippen molar-refractivity contribution in [3.63, 3.8) is 0 Å². The molecule has 2 aromatic carbocycles. The number of hydrogen-bond donors (Lipinski definition) is 0. The molecule has 4 heteroatoms. The summed E-state index contributed by atoms with van der Waals surface area (Å²) in [5.74, 6) is -0.588.